The second-order valence-electron chi connectivity index (χ2n) is 5.59. The minimum Gasteiger partial charge on any atom is -0.294 e. The van der Waals surface area contributed by atoms with Crippen LogP contribution in [0.25, 0.3) is 0 Å². The molecule has 0 heterocycles. The maximum absolute atomic E-state index is 12.2. The molecule has 0 saturated carbocycles. The van der Waals surface area contributed by atoms with E-state index in [-0.39, 0.29) is 17.5 Å². The van der Waals surface area contributed by atoms with Crippen LogP contribution in [0.2, 0.25) is 0 Å². The minimum atomic E-state index is 0.0477. The molecule has 0 fully saturated rings. The van der Waals surface area contributed by atoms with Crippen molar-refractivity contribution >= 4 is 11.6 Å². The van der Waals surface area contributed by atoms with Gasteiger partial charge >= 0.3 is 0 Å². The third kappa shape index (κ3) is 4.38. The zero-order chi connectivity index (χ0) is 15.2. The topological polar surface area (TPSA) is 34.1 Å². The fraction of sp³-hybridized carbons (Fsp3) is 0.263. The van der Waals surface area contributed by atoms with Gasteiger partial charge in [-0.2, -0.15) is 0 Å². The summed E-state index contributed by atoms with van der Waals surface area (Å²) in [7, 11) is 0. The summed E-state index contributed by atoms with van der Waals surface area (Å²) in [6.07, 6.45) is 0.809. The summed E-state index contributed by atoms with van der Waals surface area (Å²) in [6, 6.07) is 16.8. The van der Waals surface area contributed by atoms with Crippen LogP contribution in [-0.2, 0) is 0 Å². The van der Waals surface area contributed by atoms with Crippen LogP contribution in [0, 0.1) is 12.8 Å². The SMILES string of the molecule is Cc1ccc(C(=O)CC(C)CC(=O)c2ccccc2)cc1. The standard InChI is InChI=1S/C19H20O2/c1-14-8-10-17(11-9-14)19(21)13-15(2)12-18(20)16-6-4-3-5-7-16/h3-11,15H,12-13H2,1-2H3. The third-order valence-corrected chi connectivity index (χ3v) is 3.54. The third-order valence-electron chi connectivity index (χ3n) is 3.54. The van der Waals surface area contributed by atoms with E-state index in [0.717, 1.165) is 11.1 Å². The van der Waals surface area contributed by atoms with Crippen LogP contribution < -0.4 is 0 Å². The molecule has 2 aromatic rings. The van der Waals surface area contributed by atoms with Crippen molar-refractivity contribution in [3.63, 3.8) is 0 Å². The first-order chi connectivity index (χ1) is 10.1. The second-order valence-corrected chi connectivity index (χ2v) is 5.59. The van der Waals surface area contributed by atoms with E-state index in [9.17, 15) is 9.59 Å². The molecule has 0 spiro atoms. The zero-order valence-electron chi connectivity index (χ0n) is 12.5. The Balaban J connectivity index is 1.92. The Morgan fingerprint density at radius 3 is 1.81 bits per heavy atom. The number of hydrogen-bond acceptors (Lipinski definition) is 2. The Morgan fingerprint density at radius 1 is 0.810 bits per heavy atom. The van der Waals surface area contributed by atoms with E-state index in [1.54, 1.807) is 0 Å². The average molecular weight is 280 g/mol. The van der Waals surface area contributed by atoms with Gasteiger partial charge in [0.2, 0.25) is 0 Å². The maximum atomic E-state index is 12.2. The summed E-state index contributed by atoms with van der Waals surface area (Å²) >= 11 is 0. The highest BCUT2D eigenvalue weighted by molar-refractivity contribution is 5.98. The molecule has 0 bridgehead atoms. The summed E-state index contributed by atoms with van der Waals surface area (Å²) in [5.41, 5.74) is 2.57. The Hall–Kier alpha value is -2.22. The molecule has 0 amide bonds. The normalized spacial score (nSPS) is 11.9. The van der Waals surface area contributed by atoms with Crippen LogP contribution in [0.15, 0.2) is 54.6 Å². The molecule has 0 aliphatic carbocycles. The van der Waals surface area contributed by atoms with Crippen molar-refractivity contribution in [3.05, 3.63) is 71.3 Å². The van der Waals surface area contributed by atoms with Gasteiger partial charge in [-0.1, -0.05) is 67.1 Å². The quantitative estimate of drug-likeness (QED) is 0.731. The fourth-order valence-electron chi connectivity index (χ4n) is 2.30. The number of carbonyl (C=O) groups is 2. The van der Waals surface area contributed by atoms with Gasteiger partial charge in [-0.05, 0) is 12.8 Å². The van der Waals surface area contributed by atoms with Crippen molar-refractivity contribution in [2.45, 2.75) is 26.7 Å². The summed E-state index contributed by atoms with van der Waals surface area (Å²) in [5.74, 6) is 0.245. The zero-order valence-corrected chi connectivity index (χ0v) is 12.5. The molecule has 1 unspecified atom stereocenters. The first-order valence-corrected chi connectivity index (χ1v) is 7.24. The number of hydrogen-bond donors (Lipinski definition) is 0. The number of carbonyl (C=O) groups excluding carboxylic acids is 2. The van der Waals surface area contributed by atoms with Gasteiger partial charge in [0.05, 0.1) is 0 Å². The van der Waals surface area contributed by atoms with E-state index < -0.39 is 0 Å². The number of benzene rings is 2. The van der Waals surface area contributed by atoms with Crippen LogP contribution >= 0.6 is 0 Å². The molecule has 2 aromatic carbocycles. The Morgan fingerprint density at radius 2 is 1.29 bits per heavy atom. The molecular weight excluding hydrogens is 260 g/mol. The molecule has 0 aliphatic rings. The van der Waals surface area contributed by atoms with E-state index in [1.165, 1.54) is 0 Å². The molecule has 0 N–H and O–H groups in total. The molecule has 2 nitrogen and oxygen atoms in total. The summed E-state index contributed by atoms with van der Waals surface area (Å²) in [6.45, 7) is 3.95. The van der Waals surface area contributed by atoms with E-state index in [2.05, 4.69) is 0 Å². The molecule has 2 heteroatoms. The van der Waals surface area contributed by atoms with Crippen molar-refractivity contribution in [1.82, 2.24) is 0 Å². The van der Waals surface area contributed by atoms with Gasteiger partial charge in [0.25, 0.3) is 0 Å². The van der Waals surface area contributed by atoms with E-state index >= 15 is 0 Å². The van der Waals surface area contributed by atoms with Crippen LogP contribution in [-0.4, -0.2) is 11.6 Å². The predicted molar refractivity (Wildman–Crippen MR) is 84.7 cm³/mol. The highest BCUT2D eigenvalue weighted by Gasteiger charge is 2.15. The Bertz CT molecular complexity index is 612. The fourth-order valence-corrected chi connectivity index (χ4v) is 2.30. The van der Waals surface area contributed by atoms with Crippen molar-refractivity contribution < 1.29 is 9.59 Å². The number of ketones is 2. The molecular formula is C19H20O2. The van der Waals surface area contributed by atoms with E-state index in [1.807, 2.05) is 68.4 Å². The van der Waals surface area contributed by atoms with Crippen LogP contribution in [0.3, 0.4) is 0 Å². The maximum Gasteiger partial charge on any atom is 0.163 e. The molecule has 0 saturated heterocycles. The highest BCUT2D eigenvalue weighted by atomic mass is 16.1. The number of aryl methyl sites for hydroxylation is 1. The molecule has 0 aliphatic heterocycles. The average Bonchev–Trinajstić information content (AvgIpc) is 2.48. The van der Waals surface area contributed by atoms with Crippen molar-refractivity contribution in [2.24, 2.45) is 5.92 Å². The van der Waals surface area contributed by atoms with Gasteiger partial charge < -0.3 is 0 Å². The van der Waals surface area contributed by atoms with Gasteiger partial charge in [0, 0.05) is 24.0 Å². The van der Waals surface area contributed by atoms with Crippen LogP contribution in [0.5, 0.6) is 0 Å². The predicted octanol–water partition coefficient (Wildman–Crippen LogP) is 4.48. The summed E-state index contributed by atoms with van der Waals surface area (Å²) in [5, 5.41) is 0. The molecule has 21 heavy (non-hydrogen) atoms. The largest absolute Gasteiger partial charge is 0.294 e. The summed E-state index contributed by atoms with van der Waals surface area (Å²) in [4.78, 5) is 24.3. The van der Waals surface area contributed by atoms with Gasteiger partial charge in [-0.15, -0.1) is 0 Å². The van der Waals surface area contributed by atoms with Crippen molar-refractivity contribution in [2.75, 3.05) is 0 Å². The molecule has 2 rings (SSSR count). The molecule has 0 radical (unpaired) electrons. The minimum absolute atomic E-state index is 0.0477. The molecule has 108 valence electrons. The number of Topliss-reactive ketones (excluding diaryl/α,β-unsaturated/α-hetero) is 2. The van der Waals surface area contributed by atoms with Gasteiger partial charge in [0.1, 0.15) is 0 Å². The van der Waals surface area contributed by atoms with Crippen LogP contribution in [0.4, 0.5) is 0 Å². The Kier molecular flexibility index (Phi) is 5.04. The lowest BCUT2D eigenvalue weighted by molar-refractivity contribution is 0.0928. The first kappa shape index (κ1) is 15.2. The van der Waals surface area contributed by atoms with Crippen molar-refractivity contribution in [1.29, 1.82) is 0 Å². The highest BCUT2D eigenvalue weighted by Crippen LogP contribution is 2.16. The van der Waals surface area contributed by atoms with Crippen LogP contribution in [0.1, 0.15) is 46.0 Å². The van der Waals surface area contributed by atoms with Gasteiger partial charge in [0.15, 0.2) is 11.6 Å². The lowest BCUT2D eigenvalue weighted by atomic mass is 9.93. The monoisotopic (exact) mass is 280 g/mol. The molecule has 0 aromatic heterocycles. The van der Waals surface area contributed by atoms with E-state index in [0.29, 0.717) is 18.4 Å². The first-order valence-electron chi connectivity index (χ1n) is 7.24. The lowest BCUT2D eigenvalue weighted by Crippen LogP contribution is -2.11. The van der Waals surface area contributed by atoms with Crippen molar-refractivity contribution in [3.8, 4) is 0 Å². The smallest absolute Gasteiger partial charge is 0.163 e. The Labute approximate surface area is 125 Å². The lowest BCUT2D eigenvalue weighted by Gasteiger charge is -2.10. The van der Waals surface area contributed by atoms with E-state index in [4.69, 9.17) is 0 Å². The van der Waals surface area contributed by atoms with Gasteiger partial charge in [-0.25, -0.2) is 0 Å². The van der Waals surface area contributed by atoms with Gasteiger partial charge in [-0.3, -0.25) is 9.59 Å². The summed E-state index contributed by atoms with van der Waals surface area (Å²) < 4.78 is 0. The molecule has 1 atom stereocenters. The second kappa shape index (κ2) is 6.98. The number of rotatable bonds is 6.